The maximum atomic E-state index is 12.1. The maximum absolute atomic E-state index is 12.1. The van der Waals surface area contributed by atoms with E-state index in [0.717, 1.165) is 17.9 Å². The van der Waals surface area contributed by atoms with E-state index in [-0.39, 0.29) is 18.1 Å². The molecule has 112 valence electrons. The predicted molar refractivity (Wildman–Crippen MR) is 76.5 cm³/mol. The van der Waals surface area contributed by atoms with Crippen LogP contribution in [0.25, 0.3) is 0 Å². The van der Waals surface area contributed by atoms with Gasteiger partial charge >= 0.3 is 6.03 Å². The molecular formula is C15H24N2O3. The zero-order valence-electron chi connectivity index (χ0n) is 12.4. The Kier molecular flexibility index (Phi) is 5.06. The molecule has 1 saturated carbocycles. The Hall–Kier alpha value is -1.49. The van der Waals surface area contributed by atoms with Gasteiger partial charge < -0.3 is 19.8 Å². The van der Waals surface area contributed by atoms with Gasteiger partial charge in [0.15, 0.2) is 0 Å². The lowest BCUT2D eigenvalue weighted by atomic mass is 10.1. The standard InChI is InChI=1S/C15H24N2O3/c1-10-5-4-6-12(10)16-15(18)17-13(9-19-3)14-8-7-11(2)20-14/h7-8,10,12-13H,4-6,9H2,1-3H3,(H2,16,17,18). The molecular weight excluding hydrogens is 256 g/mol. The Morgan fingerprint density at radius 2 is 2.30 bits per heavy atom. The first-order chi connectivity index (χ1) is 9.60. The van der Waals surface area contributed by atoms with Crippen molar-refractivity contribution in [1.29, 1.82) is 0 Å². The summed E-state index contributed by atoms with van der Waals surface area (Å²) in [5.74, 6) is 2.10. The summed E-state index contributed by atoms with van der Waals surface area (Å²) in [6.07, 6.45) is 3.43. The first kappa shape index (κ1) is 14.9. The quantitative estimate of drug-likeness (QED) is 0.871. The highest BCUT2D eigenvalue weighted by Crippen LogP contribution is 2.24. The third kappa shape index (κ3) is 3.76. The van der Waals surface area contributed by atoms with Crippen molar-refractivity contribution in [1.82, 2.24) is 10.6 Å². The predicted octanol–water partition coefficient (Wildman–Crippen LogP) is 2.76. The summed E-state index contributed by atoms with van der Waals surface area (Å²) >= 11 is 0. The Morgan fingerprint density at radius 1 is 1.50 bits per heavy atom. The molecule has 1 aromatic heterocycles. The van der Waals surface area contributed by atoms with Gasteiger partial charge in [-0.15, -0.1) is 0 Å². The Bertz CT molecular complexity index is 444. The number of aryl methyl sites for hydroxylation is 1. The van der Waals surface area contributed by atoms with Gasteiger partial charge in [-0.25, -0.2) is 4.79 Å². The largest absolute Gasteiger partial charge is 0.464 e. The lowest BCUT2D eigenvalue weighted by molar-refractivity contribution is 0.155. The third-order valence-electron chi connectivity index (χ3n) is 3.92. The second kappa shape index (κ2) is 6.79. The van der Waals surface area contributed by atoms with Gasteiger partial charge in [-0.05, 0) is 37.8 Å². The van der Waals surface area contributed by atoms with Crippen molar-refractivity contribution < 1.29 is 13.9 Å². The van der Waals surface area contributed by atoms with Crippen molar-refractivity contribution in [2.45, 2.75) is 45.2 Å². The molecule has 1 fully saturated rings. The highest BCUT2D eigenvalue weighted by Gasteiger charge is 2.26. The van der Waals surface area contributed by atoms with E-state index in [1.54, 1.807) is 7.11 Å². The van der Waals surface area contributed by atoms with Crippen LogP contribution in [0.4, 0.5) is 4.79 Å². The molecule has 0 spiro atoms. The molecule has 20 heavy (non-hydrogen) atoms. The number of furan rings is 1. The summed E-state index contributed by atoms with van der Waals surface area (Å²) in [6.45, 7) is 4.45. The molecule has 5 nitrogen and oxygen atoms in total. The molecule has 1 aliphatic carbocycles. The average molecular weight is 280 g/mol. The molecule has 1 aliphatic rings. The molecule has 3 atom stereocenters. The molecule has 2 N–H and O–H groups in total. The summed E-state index contributed by atoms with van der Waals surface area (Å²) in [5.41, 5.74) is 0. The van der Waals surface area contributed by atoms with Gasteiger partial charge in [-0.2, -0.15) is 0 Å². The third-order valence-corrected chi connectivity index (χ3v) is 3.92. The van der Waals surface area contributed by atoms with Crippen LogP contribution < -0.4 is 10.6 Å². The molecule has 1 heterocycles. The molecule has 1 aromatic rings. The highest BCUT2D eigenvalue weighted by atomic mass is 16.5. The zero-order chi connectivity index (χ0) is 14.5. The van der Waals surface area contributed by atoms with Gasteiger partial charge in [0, 0.05) is 13.2 Å². The minimum absolute atomic E-state index is 0.153. The van der Waals surface area contributed by atoms with Crippen LogP contribution in [-0.4, -0.2) is 25.8 Å². The molecule has 5 heteroatoms. The lowest BCUT2D eigenvalue weighted by Crippen LogP contribution is -2.45. The lowest BCUT2D eigenvalue weighted by Gasteiger charge is -2.21. The highest BCUT2D eigenvalue weighted by molar-refractivity contribution is 5.74. The van der Waals surface area contributed by atoms with Crippen LogP contribution in [0.1, 0.15) is 43.7 Å². The molecule has 3 unspecified atom stereocenters. The van der Waals surface area contributed by atoms with E-state index < -0.39 is 0 Å². The van der Waals surface area contributed by atoms with E-state index in [2.05, 4.69) is 17.6 Å². The van der Waals surface area contributed by atoms with Gasteiger partial charge in [-0.1, -0.05) is 13.3 Å². The van der Waals surface area contributed by atoms with Crippen LogP contribution in [0.15, 0.2) is 16.5 Å². The topological polar surface area (TPSA) is 63.5 Å². The van der Waals surface area contributed by atoms with Crippen molar-refractivity contribution in [3.63, 3.8) is 0 Å². The molecule has 0 aromatic carbocycles. The fourth-order valence-electron chi connectivity index (χ4n) is 2.73. The van der Waals surface area contributed by atoms with E-state index in [1.165, 1.54) is 12.8 Å². The summed E-state index contributed by atoms with van der Waals surface area (Å²) < 4.78 is 10.7. The molecule has 0 bridgehead atoms. The van der Waals surface area contributed by atoms with Crippen LogP contribution in [0.3, 0.4) is 0 Å². The Labute approximate surface area is 120 Å². The molecule has 0 radical (unpaired) electrons. The van der Waals surface area contributed by atoms with E-state index in [1.807, 2.05) is 19.1 Å². The van der Waals surface area contributed by atoms with E-state index >= 15 is 0 Å². The van der Waals surface area contributed by atoms with Crippen molar-refractivity contribution in [3.05, 3.63) is 23.7 Å². The van der Waals surface area contributed by atoms with Gasteiger partial charge in [-0.3, -0.25) is 0 Å². The van der Waals surface area contributed by atoms with E-state index in [4.69, 9.17) is 9.15 Å². The molecule has 0 aliphatic heterocycles. The van der Waals surface area contributed by atoms with Crippen LogP contribution in [0, 0.1) is 12.8 Å². The number of nitrogens with one attached hydrogen (secondary N) is 2. The number of carbonyl (C=O) groups is 1. The van der Waals surface area contributed by atoms with Crippen LogP contribution in [0.2, 0.25) is 0 Å². The fourth-order valence-corrected chi connectivity index (χ4v) is 2.73. The van der Waals surface area contributed by atoms with Crippen LogP contribution >= 0.6 is 0 Å². The van der Waals surface area contributed by atoms with Gasteiger partial charge in [0.2, 0.25) is 0 Å². The number of carbonyl (C=O) groups excluding carboxylic acids is 1. The number of hydrogen-bond acceptors (Lipinski definition) is 3. The first-order valence-electron chi connectivity index (χ1n) is 7.22. The van der Waals surface area contributed by atoms with Crippen molar-refractivity contribution in [3.8, 4) is 0 Å². The van der Waals surface area contributed by atoms with Crippen LogP contribution in [-0.2, 0) is 4.74 Å². The number of urea groups is 1. The van der Waals surface area contributed by atoms with Gasteiger partial charge in [0.1, 0.15) is 17.6 Å². The summed E-state index contributed by atoms with van der Waals surface area (Å²) in [6, 6.07) is 3.62. The summed E-state index contributed by atoms with van der Waals surface area (Å²) in [5, 5.41) is 5.97. The molecule has 2 rings (SSSR count). The number of amides is 2. The van der Waals surface area contributed by atoms with Crippen molar-refractivity contribution >= 4 is 6.03 Å². The van der Waals surface area contributed by atoms with E-state index in [0.29, 0.717) is 12.5 Å². The van der Waals surface area contributed by atoms with Gasteiger partial charge in [0.25, 0.3) is 0 Å². The fraction of sp³-hybridized carbons (Fsp3) is 0.667. The Balaban J connectivity index is 1.92. The van der Waals surface area contributed by atoms with E-state index in [9.17, 15) is 4.79 Å². The van der Waals surface area contributed by atoms with Crippen molar-refractivity contribution in [2.24, 2.45) is 5.92 Å². The maximum Gasteiger partial charge on any atom is 0.315 e. The molecule has 0 saturated heterocycles. The number of methoxy groups -OCH3 is 1. The smallest absolute Gasteiger partial charge is 0.315 e. The second-order valence-corrected chi connectivity index (χ2v) is 5.59. The minimum Gasteiger partial charge on any atom is -0.464 e. The number of rotatable bonds is 5. The van der Waals surface area contributed by atoms with Crippen LogP contribution in [0.5, 0.6) is 0 Å². The number of ether oxygens (including phenoxy) is 1. The Morgan fingerprint density at radius 3 is 2.85 bits per heavy atom. The van der Waals surface area contributed by atoms with Gasteiger partial charge in [0.05, 0.1) is 6.61 Å². The normalized spacial score (nSPS) is 23.6. The first-order valence-corrected chi connectivity index (χ1v) is 7.22. The van der Waals surface area contributed by atoms with Crippen molar-refractivity contribution in [2.75, 3.05) is 13.7 Å². The summed E-state index contributed by atoms with van der Waals surface area (Å²) in [4.78, 5) is 12.1. The molecule has 2 amide bonds. The second-order valence-electron chi connectivity index (χ2n) is 5.59. The minimum atomic E-state index is -0.259. The monoisotopic (exact) mass is 280 g/mol. The average Bonchev–Trinajstić information content (AvgIpc) is 2.99. The summed E-state index contributed by atoms with van der Waals surface area (Å²) in [7, 11) is 1.61. The zero-order valence-corrected chi connectivity index (χ0v) is 12.4. The number of hydrogen-bond donors (Lipinski definition) is 2. The SMILES string of the molecule is COCC(NC(=O)NC1CCCC1C)c1ccc(C)o1.